The topological polar surface area (TPSA) is 118 Å². The third kappa shape index (κ3) is 9.01. The Kier molecular flexibility index (Phi) is 10.0. The van der Waals surface area contributed by atoms with Crippen LogP contribution in [0, 0.1) is 0 Å². The molecule has 152 valence electrons. The Morgan fingerprint density at radius 3 is 2.22 bits per heavy atom. The highest BCUT2D eigenvalue weighted by Crippen LogP contribution is 2.22. The molecule has 1 atom stereocenters. The fraction of sp³-hybridized carbons (Fsp3) is 0.579. The van der Waals surface area contributed by atoms with Crippen LogP contribution < -0.4 is 4.74 Å². The SMILES string of the molecule is CCCCCCCCCc1ccccc1OC(=O)C(CC(=O)O)S(=O)(=O)O. The predicted molar refractivity (Wildman–Crippen MR) is 101 cm³/mol. The van der Waals surface area contributed by atoms with E-state index in [0.29, 0.717) is 6.42 Å². The molecule has 8 heteroatoms. The smallest absolute Gasteiger partial charge is 0.332 e. The lowest BCUT2D eigenvalue weighted by Crippen LogP contribution is -2.35. The highest BCUT2D eigenvalue weighted by atomic mass is 32.2. The molecular weight excluding hydrogens is 372 g/mol. The molecule has 27 heavy (non-hydrogen) atoms. The molecule has 0 radical (unpaired) electrons. The summed E-state index contributed by atoms with van der Waals surface area (Å²) in [7, 11) is -4.88. The Balaban J connectivity index is 2.67. The van der Waals surface area contributed by atoms with Crippen LogP contribution in [0.25, 0.3) is 0 Å². The van der Waals surface area contributed by atoms with Gasteiger partial charge < -0.3 is 9.84 Å². The maximum atomic E-state index is 12.1. The highest BCUT2D eigenvalue weighted by molar-refractivity contribution is 7.87. The van der Waals surface area contributed by atoms with E-state index >= 15 is 0 Å². The van der Waals surface area contributed by atoms with E-state index in [0.717, 1.165) is 24.8 Å². The Labute approximate surface area is 160 Å². The first-order chi connectivity index (χ1) is 12.8. The summed E-state index contributed by atoms with van der Waals surface area (Å²) in [6.45, 7) is 2.17. The Morgan fingerprint density at radius 2 is 1.63 bits per heavy atom. The summed E-state index contributed by atoms with van der Waals surface area (Å²) in [5.41, 5.74) is 0.740. The number of benzene rings is 1. The van der Waals surface area contributed by atoms with Crippen molar-refractivity contribution in [3.05, 3.63) is 29.8 Å². The summed E-state index contributed by atoms with van der Waals surface area (Å²) < 4.78 is 36.8. The molecule has 0 aliphatic heterocycles. The first-order valence-corrected chi connectivity index (χ1v) is 10.7. The molecule has 0 aromatic heterocycles. The normalized spacial score (nSPS) is 12.5. The minimum atomic E-state index is -4.88. The molecular formula is C19H28O7S. The molecule has 0 saturated carbocycles. The average molecular weight is 400 g/mol. The van der Waals surface area contributed by atoms with Gasteiger partial charge in [-0.1, -0.05) is 63.6 Å². The number of ether oxygens (including phenoxy) is 1. The fourth-order valence-electron chi connectivity index (χ4n) is 2.73. The largest absolute Gasteiger partial charge is 0.481 e. The molecule has 7 nitrogen and oxygen atoms in total. The molecule has 0 amide bonds. The molecule has 1 aromatic carbocycles. The molecule has 1 aromatic rings. The van der Waals surface area contributed by atoms with Gasteiger partial charge in [0.25, 0.3) is 10.1 Å². The van der Waals surface area contributed by atoms with E-state index in [1.54, 1.807) is 18.2 Å². The minimum absolute atomic E-state index is 0.188. The Morgan fingerprint density at radius 1 is 1.04 bits per heavy atom. The van der Waals surface area contributed by atoms with Gasteiger partial charge in [-0.15, -0.1) is 0 Å². The number of carboxylic acid groups (broad SMARTS) is 1. The lowest BCUT2D eigenvalue weighted by atomic mass is 10.0. The van der Waals surface area contributed by atoms with E-state index in [4.69, 9.17) is 14.4 Å². The van der Waals surface area contributed by atoms with Crippen LogP contribution in [-0.2, 0) is 26.1 Å². The van der Waals surface area contributed by atoms with Gasteiger partial charge in [0, 0.05) is 0 Å². The molecule has 2 N–H and O–H groups in total. The van der Waals surface area contributed by atoms with Crippen LogP contribution >= 0.6 is 0 Å². The van der Waals surface area contributed by atoms with Crippen LogP contribution in [0.3, 0.4) is 0 Å². The molecule has 0 saturated heterocycles. The number of aliphatic carboxylic acids is 1. The summed E-state index contributed by atoms with van der Waals surface area (Å²) in [4.78, 5) is 22.9. The van der Waals surface area contributed by atoms with Gasteiger partial charge >= 0.3 is 11.9 Å². The second-order valence-electron chi connectivity index (χ2n) is 6.50. The summed E-state index contributed by atoms with van der Waals surface area (Å²) in [6, 6.07) is 6.72. The lowest BCUT2D eigenvalue weighted by molar-refractivity contribution is -0.142. The summed E-state index contributed by atoms with van der Waals surface area (Å²) in [5, 5.41) is 6.60. The quantitative estimate of drug-likeness (QED) is 0.225. The zero-order chi connectivity index (χ0) is 20.3. The molecule has 0 bridgehead atoms. The van der Waals surface area contributed by atoms with Crippen molar-refractivity contribution in [3.8, 4) is 5.75 Å². The Bertz CT molecular complexity index is 713. The van der Waals surface area contributed by atoms with Crippen molar-refractivity contribution < 1.29 is 32.4 Å². The molecule has 0 aliphatic rings. The van der Waals surface area contributed by atoms with Gasteiger partial charge in [-0.2, -0.15) is 8.42 Å². The third-order valence-corrected chi connectivity index (χ3v) is 5.29. The second-order valence-corrected chi connectivity index (χ2v) is 8.10. The number of para-hydroxylation sites is 1. The van der Waals surface area contributed by atoms with Gasteiger partial charge in [-0.25, -0.2) is 0 Å². The highest BCUT2D eigenvalue weighted by Gasteiger charge is 2.35. The molecule has 0 fully saturated rings. The van der Waals surface area contributed by atoms with Crippen molar-refractivity contribution >= 4 is 22.1 Å². The van der Waals surface area contributed by atoms with E-state index in [1.807, 2.05) is 0 Å². The predicted octanol–water partition coefficient (Wildman–Crippen LogP) is 3.62. The number of rotatable bonds is 13. The zero-order valence-corrected chi connectivity index (χ0v) is 16.4. The van der Waals surface area contributed by atoms with E-state index in [2.05, 4.69) is 6.92 Å². The Hall–Kier alpha value is -1.93. The number of hydrogen-bond acceptors (Lipinski definition) is 5. The van der Waals surface area contributed by atoms with Crippen molar-refractivity contribution in [2.75, 3.05) is 0 Å². The van der Waals surface area contributed by atoms with E-state index in [-0.39, 0.29) is 5.75 Å². The standard InChI is InChI=1S/C19H28O7S/c1-2-3-4-5-6-7-8-11-15-12-9-10-13-16(15)26-19(22)17(14-18(20)21)27(23,24)25/h9-10,12-13,17H,2-8,11,14H2,1H3,(H,20,21)(H,23,24,25). The van der Waals surface area contributed by atoms with Crippen molar-refractivity contribution in [1.82, 2.24) is 0 Å². The van der Waals surface area contributed by atoms with E-state index in [1.165, 1.54) is 31.7 Å². The monoisotopic (exact) mass is 400 g/mol. The van der Waals surface area contributed by atoms with Crippen molar-refractivity contribution in [3.63, 3.8) is 0 Å². The van der Waals surface area contributed by atoms with Crippen LogP contribution in [0.2, 0.25) is 0 Å². The maximum absolute atomic E-state index is 12.1. The van der Waals surface area contributed by atoms with Crippen molar-refractivity contribution in [1.29, 1.82) is 0 Å². The summed E-state index contributed by atoms with van der Waals surface area (Å²) in [5.74, 6) is -2.63. The van der Waals surface area contributed by atoms with Gasteiger partial charge in [-0.05, 0) is 24.5 Å². The molecule has 1 unspecified atom stereocenters. The number of hydrogen-bond donors (Lipinski definition) is 2. The van der Waals surface area contributed by atoms with Crippen LogP contribution in [0.15, 0.2) is 24.3 Å². The number of carboxylic acids is 1. The fourth-order valence-corrected chi connectivity index (χ4v) is 3.37. The molecule has 1 rings (SSSR count). The lowest BCUT2D eigenvalue weighted by Gasteiger charge is -2.14. The van der Waals surface area contributed by atoms with E-state index < -0.39 is 33.7 Å². The third-order valence-electron chi connectivity index (χ3n) is 4.22. The second kappa shape index (κ2) is 11.7. The van der Waals surface area contributed by atoms with Crippen LogP contribution in [0.4, 0.5) is 0 Å². The first-order valence-electron chi connectivity index (χ1n) is 9.23. The molecule has 0 aliphatic carbocycles. The number of esters is 1. The van der Waals surface area contributed by atoms with E-state index in [9.17, 15) is 18.0 Å². The van der Waals surface area contributed by atoms with Crippen molar-refractivity contribution in [2.24, 2.45) is 0 Å². The van der Waals surface area contributed by atoms with Crippen molar-refractivity contribution in [2.45, 2.75) is 70.0 Å². The summed E-state index contributed by atoms with van der Waals surface area (Å²) >= 11 is 0. The van der Waals surface area contributed by atoms with Crippen LogP contribution in [0.1, 0.15) is 63.9 Å². The number of unbranched alkanes of at least 4 members (excludes halogenated alkanes) is 6. The number of carbonyl (C=O) groups is 2. The van der Waals surface area contributed by atoms with Gasteiger partial charge in [0.15, 0.2) is 5.25 Å². The molecule has 0 heterocycles. The molecule has 0 spiro atoms. The number of carbonyl (C=O) groups excluding carboxylic acids is 1. The first kappa shape index (κ1) is 23.1. The van der Waals surface area contributed by atoms with Gasteiger partial charge in [0.05, 0.1) is 6.42 Å². The minimum Gasteiger partial charge on any atom is -0.481 e. The zero-order valence-electron chi connectivity index (χ0n) is 15.6. The van der Waals surface area contributed by atoms with Gasteiger partial charge in [0.1, 0.15) is 5.75 Å². The maximum Gasteiger partial charge on any atom is 0.332 e. The van der Waals surface area contributed by atoms with Crippen LogP contribution in [0.5, 0.6) is 5.75 Å². The van der Waals surface area contributed by atoms with Crippen LogP contribution in [-0.4, -0.2) is 35.3 Å². The summed E-state index contributed by atoms with van der Waals surface area (Å²) in [6.07, 6.45) is 7.53. The van der Waals surface area contributed by atoms with Gasteiger partial charge in [-0.3, -0.25) is 14.1 Å². The number of aryl methyl sites for hydroxylation is 1. The average Bonchev–Trinajstić information content (AvgIpc) is 2.59. The van der Waals surface area contributed by atoms with Gasteiger partial charge in [0.2, 0.25) is 0 Å².